The summed E-state index contributed by atoms with van der Waals surface area (Å²) in [5.41, 5.74) is 3.97. The summed E-state index contributed by atoms with van der Waals surface area (Å²) in [6.07, 6.45) is 0. The third-order valence-electron chi connectivity index (χ3n) is 4.85. The zero-order valence-corrected chi connectivity index (χ0v) is 13.3. The molecule has 1 nitrogen and oxygen atoms in total. The second kappa shape index (κ2) is 4.75. The quantitative estimate of drug-likeness (QED) is 0.500. The second-order valence-corrected chi connectivity index (χ2v) is 8.61. The molecule has 0 aliphatic carbocycles. The van der Waals surface area contributed by atoms with Crippen LogP contribution < -0.4 is 5.30 Å². The molecule has 5 unspecified atom stereocenters. The Kier molecular flexibility index (Phi) is 3.35. The Bertz CT molecular complexity index is 551. The minimum Gasteiger partial charge on any atom is -0.287 e. The van der Waals surface area contributed by atoms with Gasteiger partial charge in [0.1, 0.15) is 0 Å². The highest BCUT2D eigenvalue weighted by Gasteiger charge is 2.56. The summed E-state index contributed by atoms with van der Waals surface area (Å²) in [5, 5.41) is 1.52. The Labute approximate surface area is 121 Å². The Morgan fingerprint density at radius 3 is 2.26 bits per heavy atom. The Hall–Kier alpha value is -0.590. The van der Waals surface area contributed by atoms with Gasteiger partial charge in [0.05, 0.1) is 0 Å². The van der Waals surface area contributed by atoms with Crippen LogP contribution >= 0.6 is 20.6 Å². The first kappa shape index (κ1) is 13.4. The summed E-state index contributed by atoms with van der Waals surface area (Å²) in [6.45, 7) is 6.71. The highest BCUT2D eigenvalue weighted by molar-refractivity contribution is 7.96. The van der Waals surface area contributed by atoms with Gasteiger partial charge in [0, 0.05) is 17.2 Å². The maximum Gasteiger partial charge on any atom is 0.190 e. The zero-order chi connectivity index (χ0) is 13.7. The van der Waals surface area contributed by atoms with Crippen molar-refractivity contribution in [1.82, 2.24) is 0 Å². The number of benzene rings is 1. The van der Waals surface area contributed by atoms with Crippen molar-refractivity contribution in [3.63, 3.8) is 0 Å². The van der Waals surface area contributed by atoms with Crippen molar-refractivity contribution in [2.24, 2.45) is 11.8 Å². The van der Waals surface area contributed by atoms with E-state index in [1.54, 1.807) is 0 Å². The van der Waals surface area contributed by atoms with Gasteiger partial charge in [0.2, 0.25) is 0 Å². The summed E-state index contributed by atoms with van der Waals surface area (Å²) < 4.78 is 0. The molecule has 3 heteroatoms. The van der Waals surface area contributed by atoms with E-state index in [9.17, 15) is 4.79 Å². The fourth-order valence-electron chi connectivity index (χ4n) is 3.91. The number of hydrogen-bond donors (Lipinski definition) is 1. The van der Waals surface area contributed by atoms with Gasteiger partial charge < -0.3 is 0 Å². The molecule has 1 aromatic rings. The normalized spacial score (nSPS) is 36.9. The summed E-state index contributed by atoms with van der Waals surface area (Å²) in [6, 6.07) is 10.8. The predicted molar refractivity (Wildman–Crippen MR) is 85.6 cm³/mol. The lowest BCUT2D eigenvalue weighted by Crippen LogP contribution is -2.30. The molecule has 0 N–H and O–H groups in total. The molecule has 2 bridgehead atoms. The van der Waals surface area contributed by atoms with Crippen LogP contribution in [0.3, 0.4) is 0 Å². The predicted octanol–water partition coefficient (Wildman–Crippen LogP) is 3.60. The van der Waals surface area contributed by atoms with Crippen LogP contribution in [0, 0.1) is 11.8 Å². The van der Waals surface area contributed by atoms with Gasteiger partial charge in [-0.3, -0.25) is 4.79 Å². The summed E-state index contributed by atoms with van der Waals surface area (Å²) in [4.78, 5) is 11.9. The molecule has 1 saturated heterocycles. The van der Waals surface area contributed by atoms with Crippen LogP contribution in [0.25, 0.3) is 0 Å². The molecule has 2 aliphatic heterocycles. The molecule has 3 rings (SSSR count). The summed E-state index contributed by atoms with van der Waals surface area (Å²) >= 11 is 4.16. The molecule has 0 radical (unpaired) electrons. The van der Waals surface area contributed by atoms with Crippen LogP contribution in [0.2, 0.25) is 0 Å². The van der Waals surface area contributed by atoms with Crippen LogP contribution in [-0.4, -0.2) is 16.4 Å². The van der Waals surface area contributed by atoms with Crippen molar-refractivity contribution in [2.75, 3.05) is 0 Å². The van der Waals surface area contributed by atoms with Gasteiger partial charge in [-0.15, -0.1) is 12.6 Å². The van der Waals surface area contributed by atoms with Gasteiger partial charge in [-0.2, -0.15) is 0 Å². The first-order valence-electron chi connectivity index (χ1n) is 6.77. The molecule has 19 heavy (non-hydrogen) atoms. The van der Waals surface area contributed by atoms with Crippen molar-refractivity contribution in [3.05, 3.63) is 41.5 Å². The fourth-order valence-corrected chi connectivity index (χ4v) is 8.61. The SMILES string of the molecule is CC1=C(C)C2C(C(=O)S)C(C)C1P2c1ccccc1. The third kappa shape index (κ3) is 1.84. The molecule has 100 valence electrons. The average Bonchev–Trinajstić information content (AvgIpc) is 2.82. The number of rotatable bonds is 2. The molecule has 1 aromatic carbocycles. The maximum absolute atomic E-state index is 11.9. The van der Waals surface area contributed by atoms with Gasteiger partial charge >= 0.3 is 0 Å². The van der Waals surface area contributed by atoms with E-state index < -0.39 is 0 Å². The maximum atomic E-state index is 11.9. The number of thiol groups is 1. The topological polar surface area (TPSA) is 17.1 Å². The standard InChI is InChI=1S/C16H19OPS/c1-9-10(2)15-13(16(17)19)11(3)14(9)18(15)12-7-5-4-6-8-12/h4-8,11,13-15H,1-3H3,(H,17,19). The van der Waals surface area contributed by atoms with Crippen molar-refractivity contribution in [1.29, 1.82) is 0 Å². The zero-order valence-electron chi connectivity index (χ0n) is 11.5. The minimum atomic E-state index is -0.285. The molecule has 1 fully saturated rings. The monoisotopic (exact) mass is 290 g/mol. The third-order valence-corrected chi connectivity index (χ3v) is 8.81. The van der Waals surface area contributed by atoms with E-state index in [-0.39, 0.29) is 19.0 Å². The number of fused-ring (bicyclic) bond motifs is 2. The Morgan fingerprint density at radius 1 is 1.11 bits per heavy atom. The summed E-state index contributed by atoms with van der Waals surface area (Å²) in [7, 11) is -0.285. The van der Waals surface area contributed by atoms with Gasteiger partial charge in [0.15, 0.2) is 5.12 Å². The van der Waals surface area contributed by atoms with Crippen molar-refractivity contribution in [2.45, 2.75) is 32.1 Å². The van der Waals surface area contributed by atoms with Crippen LogP contribution in [0.5, 0.6) is 0 Å². The molecular formula is C16H19OPS. The first-order valence-corrected chi connectivity index (χ1v) is 8.70. The second-order valence-electron chi connectivity index (χ2n) is 5.72. The molecule has 0 saturated carbocycles. The molecule has 2 heterocycles. The molecular weight excluding hydrogens is 271 g/mol. The number of carbonyl (C=O) groups excluding carboxylic acids is 1. The van der Waals surface area contributed by atoms with Crippen LogP contribution in [0.4, 0.5) is 0 Å². The largest absolute Gasteiger partial charge is 0.287 e. The lowest BCUT2D eigenvalue weighted by atomic mass is 9.78. The van der Waals surface area contributed by atoms with E-state index in [2.05, 4.69) is 63.7 Å². The Balaban J connectivity index is 2.09. The smallest absolute Gasteiger partial charge is 0.190 e. The van der Waals surface area contributed by atoms with Gasteiger partial charge in [-0.25, -0.2) is 0 Å². The molecule has 2 aliphatic rings. The lowest BCUT2D eigenvalue weighted by molar-refractivity contribution is -0.115. The number of hydrogen-bond acceptors (Lipinski definition) is 1. The minimum absolute atomic E-state index is 0.0790. The molecule has 0 aromatic heterocycles. The molecule has 0 amide bonds. The number of allylic oxidation sites excluding steroid dienone is 2. The van der Waals surface area contributed by atoms with E-state index in [4.69, 9.17) is 0 Å². The number of carbonyl (C=O) groups is 1. The first-order chi connectivity index (χ1) is 9.04. The highest BCUT2D eigenvalue weighted by atomic mass is 32.1. The van der Waals surface area contributed by atoms with Crippen LogP contribution in [0.15, 0.2) is 41.5 Å². The van der Waals surface area contributed by atoms with E-state index in [0.29, 0.717) is 17.2 Å². The highest BCUT2D eigenvalue weighted by Crippen LogP contribution is 2.69. The Morgan fingerprint density at radius 2 is 1.68 bits per heavy atom. The average molecular weight is 290 g/mol. The van der Waals surface area contributed by atoms with E-state index >= 15 is 0 Å². The van der Waals surface area contributed by atoms with Crippen molar-refractivity contribution >= 4 is 31.0 Å². The summed E-state index contributed by atoms with van der Waals surface area (Å²) in [5.74, 6) is 0.549. The van der Waals surface area contributed by atoms with Crippen molar-refractivity contribution < 1.29 is 4.79 Å². The fraction of sp³-hybridized carbons (Fsp3) is 0.438. The van der Waals surface area contributed by atoms with Gasteiger partial charge in [-0.1, -0.05) is 56.3 Å². The van der Waals surface area contributed by atoms with E-state index in [1.807, 2.05) is 0 Å². The van der Waals surface area contributed by atoms with E-state index in [0.717, 1.165) is 0 Å². The molecule has 5 atom stereocenters. The lowest BCUT2D eigenvalue weighted by Gasteiger charge is -2.26. The van der Waals surface area contributed by atoms with Gasteiger partial charge in [-0.05, 0) is 25.1 Å². The van der Waals surface area contributed by atoms with Crippen LogP contribution in [0.1, 0.15) is 20.8 Å². The van der Waals surface area contributed by atoms with Crippen LogP contribution in [-0.2, 0) is 4.79 Å². The van der Waals surface area contributed by atoms with E-state index in [1.165, 1.54) is 16.5 Å². The van der Waals surface area contributed by atoms with Gasteiger partial charge in [0.25, 0.3) is 0 Å². The van der Waals surface area contributed by atoms with Crippen molar-refractivity contribution in [3.8, 4) is 0 Å². The molecule has 0 spiro atoms.